The van der Waals surface area contributed by atoms with Crippen molar-refractivity contribution in [1.29, 1.82) is 0 Å². The van der Waals surface area contributed by atoms with Crippen molar-refractivity contribution in [2.75, 3.05) is 33.4 Å². The van der Waals surface area contributed by atoms with Gasteiger partial charge in [0.2, 0.25) is 0 Å². The molecule has 1 heterocycles. The minimum Gasteiger partial charge on any atom is -0.385 e. The van der Waals surface area contributed by atoms with Gasteiger partial charge in [0.05, 0.1) is 12.2 Å². The quantitative estimate of drug-likeness (QED) is 0.544. The Kier molecular flexibility index (Phi) is 8.61. The van der Waals surface area contributed by atoms with Crippen LogP contribution in [-0.4, -0.2) is 55.6 Å². The monoisotopic (exact) mass is 365 g/mol. The lowest BCUT2D eigenvalue weighted by Gasteiger charge is -2.35. The third-order valence-electron chi connectivity index (χ3n) is 4.19. The first-order valence-corrected chi connectivity index (χ1v) is 9.44. The summed E-state index contributed by atoms with van der Waals surface area (Å²) in [6, 6.07) is 8.75. The Morgan fingerprint density at radius 1 is 1.16 bits per heavy atom. The minimum atomic E-state index is 0.310. The van der Waals surface area contributed by atoms with E-state index in [2.05, 4.69) is 53.6 Å². The second-order valence-electron chi connectivity index (χ2n) is 6.72. The van der Waals surface area contributed by atoms with Crippen LogP contribution in [0.1, 0.15) is 31.4 Å². The lowest BCUT2D eigenvalue weighted by molar-refractivity contribution is -0.0704. The second kappa shape index (κ2) is 10.7. The highest BCUT2D eigenvalue weighted by atomic mass is 32.1. The Labute approximate surface area is 157 Å². The number of methoxy groups -OCH3 is 1. The lowest BCUT2D eigenvalue weighted by Crippen LogP contribution is -2.44. The molecule has 2 atom stereocenters. The van der Waals surface area contributed by atoms with Gasteiger partial charge in [-0.2, -0.15) is 0 Å². The summed E-state index contributed by atoms with van der Waals surface area (Å²) in [6.45, 7) is 9.57. The first-order chi connectivity index (χ1) is 12.1. The molecule has 140 valence electrons. The Morgan fingerprint density at radius 2 is 1.80 bits per heavy atom. The molecule has 0 aliphatic carbocycles. The summed E-state index contributed by atoms with van der Waals surface area (Å²) in [5, 5.41) is 7.12. The van der Waals surface area contributed by atoms with Crippen molar-refractivity contribution in [2.45, 2.75) is 45.6 Å². The fourth-order valence-electron chi connectivity index (χ4n) is 3.10. The predicted molar refractivity (Wildman–Crippen MR) is 106 cm³/mol. The van der Waals surface area contributed by atoms with Gasteiger partial charge in [0, 0.05) is 46.4 Å². The van der Waals surface area contributed by atoms with Crippen LogP contribution in [0.4, 0.5) is 0 Å². The van der Waals surface area contributed by atoms with Gasteiger partial charge in [-0.3, -0.25) is 4.90 Å². The number of ether oxygens (including phenoxy) is 2. The van der Waals surface area contributed by atoms with Gasteiger partial charge >= 0.3 is 0 Å². The van der Waals surface area contributed by atoms with Gasteiger partial charge in [0.1, 0.15) is 0 Å². The van der Waals surface area contributed by atoms with Crippen molar-refractivity contribution in [1.82, 2.24) is 15.5 Å². The van der Waals surface area contributed by atoms with Crippen LogP contribution in [0.3, 0.4) is 0 Å². The third-order valence-corrected chi connectivity index (χ3v) is 4.48. The number of benzene rings is 1. The summed E-state index contributed by atoms with van der Waals surface area (Å²) in [7, 11) is 1.71. The normalized spacial score (nSPS) is 21.1. The van der Waals surface area contributed by atoms with Crippen molar-refractivity contribution >= 4 is 17.3 Å². The van der Waals surface area contributed by atoms with Crippen molar-refractivity contribution in [3.63, 3.8) is 0 Å². The van der Waals surface area contributed by atoms with Gasteiger partial charge in [0.25, 0.3) is 0 Å². The first-order valence-electron chi connectivity index (χ1n) is 9.03. The summed E-state index contributed by atoms with van der Waals surface area (Å²) in [5.74, 6) is 0. The molecule has 0 amide bonds. The fourth-order valence-corrected chi connectivity index (χ4v) is 3.27. The van der Waals surface area contributed by atoms with Crippen LogP contribution in [0.25, 0.3) is 0 Å². The molecule has 6 heteroatoms. The van der Waals surface area contributed by atoms with Gasteiger partial charge in [0.15, 0.2) is 5.11 Å². The van der Waals surface area contributed by atoms with Crippen LogP contribution in [0.2, 0.25) is 0 Å². The van der Waals surface area contributed by atoms with E-state index >= 15 is 0 Å². The molecule has 5 nitrogen and oxygen atoms in total. The lowest BCUT2D eigenvalue weighted by atomic mass is 10.1. The largest absolute Gasteiger partial charge is 0.385 e. The molecule has 0 spiro atoms. The minimum absolute atomic E-state index is 0.310. The highest BCUT2D eigenvalue weighted by Crippen LogP contribution is 2.14. The van der Waals surface area contributed by atoms with E-state index in [1.54, 1.807) is 7.11 Å². The maximum Gasteiger partial charge on any atom is 0.166 e. The van der Waals surface area contributed by atoms with E-state index in [-0.39, 0.29) is 0 Å². The molecule has 0 saturated carbocycles. The third kappa shape index (κ3) is 7.69. The van der Waals surface area contributed by atoms with Crippen LogP contribution in [0.5, 0.6) is 0 Å². The summed E-state index contributed by atoms with van der Waals surface area (Å²) in [6.07, 6.45) is 1.57. The predicted octanol–water partition coefficient (Wildman–Crippen LogP) is 2.30. The molecule has 1 fully saturated rings. The molecule has 2 rings (SSSR count). The van der Waals surface area contributed by atoms with Crippen LogP contribution >= 0.6 is 12.2 Å². The zero-order chi connectivity index (χ0) is 18.1. The maximum absolute atomic E-state index is 5.79. The van der Waals surface area contributed by atoms with Crippen LogP contribution in [-0.2, 0) is 22.6 Å². The van der Waals surface area contributed by atoms with E-state index in [9.17, 15) is 0 Å². The first kappa shape index (κ1) is 20.1. The number of hydrogen-bond donors (Lipinski definition) is 2. The molecule has 1 aliphatic rings. The van der Waals surface area contributed by atoms with Gasteiger partial charge in [-0.05, 0) is 43.6 Å². The molecule has 1 aromatic rings. The zero-order valence-electron chi connectivity index (χ0n) is 15.6. The highest BCUT2D eigenvalue weighted by Gasteiger charge is 2.21. The van der Waals surface area contributed by atoms with E-state index in [4.69, 9.17) is 21.7 Å². The van der Waals surface area contributed by atoms with Crippen molar-refractivity contribution in [2.24, 2.45) is 0 Å². The average molecular weight is 366 g/mol. The molecular formula is C19H31N3O2S. The van der Waals surface area contributed by atoms with E-state index in [0.29, 0.717) is 17.3 Å². The zero-order valence-corrected chi connectivity index (χ0v) is 16.4. The SMILES string of the molecule is COCCCNC(=S)NCc1ccc(CN2CC(C)OC(C)C2)cc1. The molecule has 1 saturated heterocycles. The number of hydrogen-bond acceptors (Lipinski definition) is 4. The van der Waals surface area contributed by atoms with Gasteiger partial charge in [-0.1, -0.05) is 24.3 Å². The van der Waals surface area contributed by atoms with Crippen molar-refractivity contribution in [3.8, 4) is 0 Å². The fraction of sp³-hybridized carbons (Fsp3) is 0.632. The van der Waals surface area contributed by atoms with E-state index in [0.717, 1.165) is 45.8 Å². The molecular weight excluding hydrogens is 334 g/mol. The molecule has 2 N–H and O–H groups in total. The van der Waals surface area contributed by atoms with Crippen LogP contribution < -0.4 is 10.6 Å². The van der Waals surface area contributed by atoms with Gasteiger partial charge in [-0.25, -0.2) is 0 Å². The number of rotatable bonds is 8. The number of nitrogens with zero attached hydrogens (tertiary/aromatic N) is 1. The standard InChI is InChI=1S/C19H31N3O2S/c1-15-12-22(13-16(2)24-15)14-18-7-5-17(6-8-18)11-21-19(25)20-9-4-10-23-3/h5-8,15-16H,4,9-14H2,1-3H3,(H2,20,21,25). The summed E-state index contributed by atoms with van der Waals surface area (Å²) in [4.78, 5) is 2.46. The molecule has 0 radical (unpaired) electrons. The van der Waals surface area contributed by atoms with Crippen molar-refractivity contribution < 1.29 is 9.47 Å². The molecule has 0 aromatic heterocycles. The summed E-state index contributed by atoms with van der Waals surface area (Å²) < 4.78 is 10.8. The maximum atomic E-state index is 5.79. The molecule has 2 unspecified atom stereocenters. The van der Waals surface area contributed by atoms with Crippen LogP contribution in [0, 0.1) is 0 Å². The number of thiocarbonyl (C=S) groups is 1. The molecule has 0 bridgehead atoms. The average Bonchev–Trinajstić information content (AvgIpc) is 2.57. The number of nitrogens with one attached hydrogen (secondary N) is 2. The summed E-state index contributed by atoms with van der Waals surface area (Å²) >= 11 is 5.28. The summed E-state index contributed by atoms with van der Waals surface area (Å²) in [5.41, 5.74) is 2.57. The number of morpholine rings is 1. The molecule has 1 aliphatic heterocycles. The van der Waals surface area contributed by atoms with Crippen LogP contribution in [0.15, 0.2) is 24.3 Å². The Balaban J connectivity index is 1.71. The topological polar surface area (TPSA) is 45.8 Å². The van der Waals surface area contributed by atoms with E-state index in [1.165, 1.54) is 11.1 Å². The van der Waals surface area contributed by atoms with Gasteiger partial charge < -0.3 is 20.1 Å². The Morgan fingerprint density at radius 3 is 2.44 bits per heavy atom. The van der Waals surface area contributed by atoms with E-state index in [1.807, 2.05) is 0 Å². The van der Waals surface area contributed by atoms with Crippen molar-refractivity contribution in [3.05, 3.63) is 35.4 Å². The molecule has 25 heavy (non-hydrogen) atoms. The highest BCUT2D eigenvalue weighted by molar-refractivity contribution is 7.80. The second-order valence-corrected chi connectivity index (χ2v) is 7.13. The molecule has 1 aromatic carbocycles. The Bertz CT molecular complexity index is 514. The smallest absolute Gasteiger partial charge is 0.166 e. The Hall–Kier alpha value is -1.21. The van der Waals surface area contributed by atoms with Gasteiger partial charge in [-0.15, -0.1) is 0 Å². The van der Waals surface area contributed by atoms with E-state index < -0.39 is 0 Å².